The van der Waals surface area contributed by atoms with Crippen molar-refractivity contribution in [1.82, 2.24) is 24.9 Å². The first kappa shape index (κ1) is 64.7. The number of nitrogens with zero attached hydrogens (tertiary/aromatic N) is 5. The quantitative estimate of drug-likeness (QED) is 0.135. The van der Waals surface area contributed by atoms with Crippen LogP contribution in [0.2, 0.25) is 0 Å². The van der Waals surface area contributed by atoms with Gasteiger partial charge in [0.05, 0.1) is 6.85 Å². The van der Waals surface area contributed by atoms with Crippen LogP contribution in [-0.2, 0) is 80.4 Å². The summed E-state index contributed by atoms with van der Waals surface area (Å²) in [6.45, 7) is 4.02. The monoisotopic (exact) mass is 1920 g/mol. The second-order valence-electron chi connectivity index (χ2n) is 19.6. The van der Waals surface area contributed by atoms with Crippen LogP contribution in [0.1, 0.15) is 18.0 Å². The molecule has 5 heterocycles. The van der Waals surface area contributed by atoms with Crippen molar-refractivity contribution in [3.8, 4) is 101 Å². The SMILES string of the molecule is Cc1cc(-c2[c-]cccc2)ncc1-c1ccccc1.Cc1cc(F)ccc1-c1ccc(-c2[c-]cccc2)nc1.Fc1ccc(-c2ccc(-c3[c-]cccc3)nc2)cc1.[2H]c1c([2H])c([2H])c(-c2ccc(-c3[c-]cccc3)nc2)c([2H])c1[2H].[Ir].[Ir].[Ir].[Ir].[c-]1ccccc1-c1ccccn1. The summed E-state index contributed by atoms with van der Waals surface area (Å²) in [7, 11) is 0. The molecule has 11 heteroatoms. The van der Waals surface area contributed by atoms with E-state index in [1.807, 2.05) is 195 Å². The van der Waals surface area contributed by atoms with Gasteiger partial charge in [-0.2, -0.15) is 0 Å². The molecule has 0 fully saturated rings. The van der Waals surface area contributed by atoms with Crippen molar-refractivity contribution in [2.24, 2.45) is 0 Å². The van der Waals surface area contributed by atoms with E-state index in [-0.39, 0.29) is 122 Å². The minimum absolute atomic E-state index is 0. The zero-order chi connectivity index (χ0) is 64.9. The van der Waals surface area contributed by atoms with Gasteiger partial charge in [-0.15, -0.1) is 179 Å². The maximum absolute atomic E-state index is 13.1. The molecule has 0 aliphatic rings. The van der Waals surface area contributed by atoms with Gasteiger partial charge in [0, 0.05) is 117 Å². The summed E-state index contributed by atoms with van der Waals surface area (Å²) in [6, 6.07) is 93.7. The van der Waals surface area contributed by atoms with Crippen LogP contribution in [0.25, 0.3) is 101 Å². The smallest absolute Gasteiger partial charge is 0.123 e. The van der Waals surface area contributed by atoms with Gasteiger partial charge in [0.1, 0.15) is 11.6 Å². The number of aryl methyl sites for hydroxylation is 2. The van der Waals surface area contributed by atoms with Gasteiger partial charge in [0.2, 0.25) is 0 Å². The van der Waals surface area contributed by atoms with E-state index in [1.54, 1.807) is 48.8 Å². The minimum Gasteiger partial charge on any atom is -0.305 e. The van der Waals surface area contributed by atoms with Crippen LogP contribution >= 0.6 is 0 Å². The average Bonchev–Trinajstić information content (AvgIpc) is 0.791. The summed E-state index contributed by atoms with van der Waals surface area (Å²) in [4.78, 5) is 22.0. The van der Waals surface area contributed by atoms with Gasteiger partial charge in [-0.25, -0.2) is 8.78 Å². The van der Waals surface area contributed by atoms with Crippen molar-refractivity contribution in [3.05, 3.63) is 369 Å². The fraction of sp³-hybridized carbons (Fsp3) is 0.0247. The molecule has 0 saturated carbocycles. The molecular weight excluding hydrogens is 1850 g/mol. The summed E-state index contributed by atoms with van der Waals surface area (Å²) in [6.07, 6.45) is 8.86. The first-order chi connectivity index (χ1) is 45.4. The van der Waals surface area contributed by atoms with Crippen molar-refractivity contribution in [2.45, 2.75) is 13.8 Å². The van der Waals surface area contributed by atoms with Crippen molar-refractivity contribution >= 4 is 0 Å². The number of aromatic nitrogens is 5. The van der Waals surface area contributed by atoms with Gasteiger partial charge in [0.25, 0.3) is 0 Å². The van der Waals surface area contributed by atoms with E-state index >= 15 is 0 Å². The molecule has 0 unspecified atom stereocenters. The molecule has 5 nitrogen and oxygen atoms in total. The number of benzene rings is 9. The predicted octanol–water partition coefficient (Wildman–Crippen LogP) is 20.3. The maximum Gasteiger partial charge on any atom is 0.123 e. The first-order valence-corrected chi connectivity index (χ1v) is 28.1. The van der Waals surface area contributed by atoms with Crippen LogP contribution in [0.3, 0.4) is 0 Å². The zero-order valence-electron chi connectivity index (χ0n) is 54.5. The summed E-state index contributed by atoms with van der Waals surface area (Å²) in [5.74, 6) is -0.443. The van der Waals surface area contributed by atoms with E-state index in [4.69, 9.17) is 6.85 Å². The van der Waals surface area contributed by atoms with Gasteiger partial charge in [-0.1, -0.05) is 133 Å². The number of hydrogen-bond donors (Lipinski definition) is 0. The molecule has 14 rings (SSSR count). The Labute approximate surface area is 599 Å². The van der Waals surface area contributed by atoms with Crippen molar-refractivity contribution < 1.29 is 96.1 Å². The van der Waals surface area contributed by atoms with Gasteiger partial charge < -0.3 is 24.9 Å². The van der Waals surface area contributed by atoms with Crippen LogP contribution in [-0.4, -0.2) is 24.9 Å². The maximum atomic E-state index is 13.1. The van der Waals surface area contributed by atoms with Gasteiger partial charge in [-0.05, 0) is 123 Å². The van der Waals surface area contributed by atoms with Crippen LogP contribution in [0.5, 0.6) is 0 Å². The number of rotatable bonds is 9. The number of halogens is 2. The zero-order valence-corrected chi connectivity index (χ0v) is 59.0. The number of hydrogen-bond acceptors (Lipinski definition) is 5. The Morgan fingerprint density at radius 2 is 0.685 bits per heavy atom. The first-order valence-electron chi connectivity index (χ1n) is 30.6. The summed E-state index contributed by atoms with van der Waals surface area (Å²) < 4.78 is 65.1. The molecule has 4 radical (unpaired) electrons. The predicted molar refractivity (Wildman–Crippen MR) is 354 cm³/mol. The molecule has 0 amide bonds. The molecule has 9 aromatic carbocycles. The Hall–Kier alpha value is -8.81. The largest absolute Gasteiger partial charge is 0.305 e. The second kappa shape index (κ2) is 38.1. The average molecular weight is 1910 g/mol. The molecule has 92 heavy (non-hydrogen) atoms. The Morgan fingerprint density at radius 1 is 0.293 bits per heavy atom. The molecule has 0 saturated heterocycles. The van der Waals surface area contributed by atoms with Gasteiger partial charge in [0.15, 0.2) is 0 Å². The van der Waals surface area contributed by atoms with Crippen LogP contribution in [0, 0.1) is 55.8 Å². The van der Waals surface area contributed by atoms with Crippen molar-refractivity contribution in [1.29, 1.82) is 0 Å². The molecule has 14 aromatic rings. The topological polar surface area (TPSA) is 64.5 Å². The third-order valence-electron chi connectivity index (χ3n) is 13.5. The molecule has 0 N–H and O–H groups in total. The summed E-state index contributed by atoms with van der Waals surface area (Å²) in [5, 5.41) is 0. The second-order valence-corrected chi connectivity index (χ2v) is 19.6. The molecule has 0 bridgehead atoms. The van der Waals surface area contributed by atoms with Gasteiger partial charge in [-0.3, -0.25) is 0 Å². The van der Waals surface area contributed by atoms with Gasteiger partial charge >= 0.3 is 0 Å². The summed E-state index contributed by atoms with van der Waals surface area (Å²) in [5.41, 5.74) is 18.3. The fourth-order valence-electron chi connectivity index (χ4n) is 9.03. The minimum atomic E-state index is -0.396. The molecule has 0 aliphatic carbocycles. The van der Waals surface area contributed by atoms with E-state index < -0.39 is 6.04 Å². The third kappa shape index (κ3) is 21.1. The Bertz CT molecular complexity index is 4600. The molecule has 0 spiro atoms. The molecule has 462 valence electrons. The Morgan fingerprint density at radius 3 is 1.10 bits per heavy atom. The Balaban J connectivity index is 0.000000192. The van der Waals surface area contributed by atoms with E-state index in [0.717, 1.165) is 78.4 Å². The van der Waals surface area contributed by atoms with E-state index in [1.165, 1.54) is 47.2 Å². The van der Waals surface area contributed by atoms with Crippen molar-refractivity contribution in [3.63, 3.8) is 0 Å². The summed E-state index contributed by atoms with van der Waals surface area (Å²) >= 11 is 0. The fourth-order valence-corrected chi connectivity index (χ4v) is 9.03. The van der Waals surface area contributed by atoms with Crippen LogP contribution in [0.15, 0.2) is 316 Å². The standard InChI is InChI=1S/C18H13FN.C18H14N.C17H11FN.C17H12N.C11H8N.4Ir/c1-13-11-16(19)8-9-17(13)15-7-10-18(20-12-15)14-5-3-2-4-6-14;1-14-12-18(16-10-6-3-7-11-16)19-13-17(14)15-8-4-2-5-9-15;18-16-9-6-13(7-10-16)15-8-11-17(19-12-15)14-4-2-1-3-5-14;1-3-7-14(8-4-1)16-11-12-17(18-13-16)15-9-5-2-6-10-15;1-2-6-10(7-3-1)11-8-4-5-9-12-11;;;;/h2-5,7-12H,1H3;2-10,12-13H,1H3;1-4,6-12H;1-9,11-13H;1-6,8-9H;;;;/q5*-1;;;;/i;;;1D,3D,4D,7D,8D;;;;;. The normalized spacial score (nSPS) is 10.6. The molecular formula is C81H58F2Ir4N5-5. The Kier molecular flexibility index (Phi) is 26.8. The van der Waals surface area contributed by atoms with E-state index in [0.29, 0.717) is 11.3 Å². The van der Waals surface area contributed by atoms with E-state index in [9.17, 15) is 8.78 Å². The van der Waals surface area contributed by atoms with Crippen LogP contribution < -0.4 is 0 Å². The molecule has 0 atom stereocenters. The van der Waals surface area contributed by atoms with Crippen molar-refractivity contribution in [2.75, 3.05) is 0 Å². The van der Waals surface area contributed by atoms with Crippen LogP contribution in [0.4, 0.5) is 8.78 Å². The third-order valence-corrected chi connectivity index (χ3v) is 13.5. The number of pyridine rings is 5. The van der Waals surface area contributed by atoms with E-state index in [2.05, 4.69) is 80.4 Å². The molecule has 5 aromatic heterocycles. The molecule has 0 aliphatic heterocycles.